The van der Waals surface area contributed by atoms with Crippen LogP contribution in [0.5, 0.6) is 0 Å². The number of H-pyrrole nitrogens is 1. The van der Waals surface area contributed by atoms with E-state index in [1.807, 2.05) is 25.1 Å². The quantitative estimate of drug-likeness (QED) is 0.406. The molecule has 1 amide bonds. The molecule has 0 aliphatic carbocycles. The third-order valence-corrected chi connectivity index (χ3v) is 5.53. The number of amides is 1. The van der Waals surface area contributed by atoms with Crippen molar-refractivity contribution in [3.63, 3.8) is 0 Å². The molecule has 2 aromatic carbocycles. The van der Waals surface area contributed by atoms with Gasteiger partial charge in [-0.25, -0.2) is 4.98 Å². The zero-order valence-electron chi connectivity index (χ0n) is 18.0. The predicted molar refractivity (Wildman–Crippen MR) is 120 cm³/mol. The van der Waals surface area contributed by atoms with E-state index in [0.717, 1.165) is 28.6 Å². The molecule has 2 heterocycles. The van der Waals surface area contributed by atoms with E-state index in [-0.39, 0.29) is 24.4 Å². The Kier molecular flexibility index (Phi) is 6.22. The Balaban J connectivity index is 1.31. The molecule has 2 N–H and O–H groups in total. The molecule has 0 bridgehead atoms. The van der Waals surface area contributed by atoms with Crippen molar-refractivity contribution in [2.45, 2.75) is 38.9 Å². The first-order valence-corrected chi connectivity index (χ1v) is 10.6. The zero-order chi connectivity index (χ0) is 23.6. The number of hydrogen-bond acceptors (Lipinski definition) is 3. The molecule has 4 aromatic rings. The zero-order valence-corrected chi connectivity index (χ0v) is 18.0. The highest BCUT2D eigenvalue weighted by atomic mass is 19.4. The number of hydrogen-bond donors (Lipinski definition) is 2. The maximum atomic E-state index is 12.8. The van der Waals surface area contributed by atoms with Crippen molar-refractivity contribution in [1.29, 1.82) is 0 Å². The van der Waals surface area contributed by atoms with Gasteiger partial charge in [-0.1, -0.05) is 29.8 Å². The first kappa shape index (κ1) is 22.6. The van der Waals surface area contributed by atoms with Gasteiger partial charge in [0.15, 0.2) is 0 Å². The molecule has 2 aromatic heterocycles. The van der Waals surface area contributed by atoms with E-state index in [1.165, 1.54) is 17.0 Å². The van der Waals surface area contributed by atoms with Gasteiger partial charge >= 0.3 is 6.18 Å². The number of nitrogens with one attached hydrogen (secondary N) is 2. The highest BCUT2D eigenvalue weighted by molar-refractivity contribution is 6.04. The monoisotopic (exact) mass is 456 g/mol. The fraction of sp³-hybridized carbons (Fsp3) is 0.292. The molecule has 6 nitrogen and oxygen atoms in total. The Morgan fingerprint density at radius 2 is 2.00 bits per heavy atom. The summed E-state index contributed by atoms with van der Waals surface area (Å²) in [7, 11) is 0. The molecular formula is C24H23F3N4O2. The van der Waals surface area contributed by atoms with Crippen LogP contribution in [0.4, 0.5) is 13.2 Å². The smallest absolute Gasteiger partial charge is 0.356 e. The van der Waals surface area contributed by atoms with Gasteiger partial charge in [0.1, 0.15) is 11.0 Å². The minimum atomic E-state index is -4.37. The summed E-state index contributed by atoms with van der Waals surface area (Å²) in [4.78, 5) is 32.5. The molecule has 0 atom stereocenters. The minimum absolute atomic E-state index is 0.0932. The summed E-state index contributed by atoms with van der Waals surface area (Å²) in [6.45, 7) is 2.48. The average molecular weight is 456 g/mol. The van der Waals surface area contributed by atoms with Crippen molar-refractivity contribution >= 4 is 27.8 Å². The number of benzene rings is 2. The maximum absolute atomic E-state index is 12.8. The third-order valence-electron chi connectivity index (χ3n) is 5.53. The number of alkyl halides is 3. The van der Waals surface area contributed by atoms with Gasteiger partial charge in [0.05, 0.1) is 11.9 Å². The molecule has 33 heavy (non-hydrogen) atoms. The van der Waals surface area contributed by atoms with Crippen molar-refractivity contribution in [3.8, 4) is 0 Å². The lowest BCUT2D eigenvalue weighted by molar-refractivity contribution is -0.137. The van der Waals surface area contributed by atoms with Crippen LogP contribution in [0.1, 0.15) is 29.5 Å². The standard InChI is InChI=1S/C24H23F3N4O2/c1-15-7-8-19-18(12-15)21-22(30-19)23(33)31(14-29-21)11-9-20(32)28-10-3-5-16-4-2-6-17(13-16)24(25,26)27/h2,4,6-8,12-14,30H,3,5,9-11H2,1H3,(H,28,32). The summed E-state index contributed by atoms with van der Waals surface area (Å²) < 4.78 is 39.7. The lowest BCUT2D eigenvalue weighted by Gasteiger charge is -2.09. The number of aromatic nitrogens is 3. The SMILES string of the molecule is Cc1ccc2[nH]c3c(=O)n(CCC(=O)NCCCc4cccc(C(F)(F)F)c4)cnc3c2c1. The second-order valence-electron chi connectivity index (χ2n) is 8.04. The maximum Gasteiger partial charge on any atom is 0.416 e. The van der Waals surface area contributed by atoms with Gasteiger partial charge in [-0.15, -0.1) is 0 Å². The lowest BCUT2D eigenvalue weighted by Crippen LogP contribution is -2.28. The Bertz CT molecular complexity index is 1370. The number of rotatable bonds is 7. The summed E-state index contributed by atoms with van der Waals surface area (Å²) >= 11 is 0. The molecule has 0 aliphatic heterocycles. The molecular weight excluding hydrogens is 433 g/mol. The lowest BCUT2D eigenvalue weighted by atomic mass is 10.1. The molecule has 9 heteroatoms. The van der Waals surface area contributed by atoms with Crippen LogP contribution in [0, 0.1) is 6.92 Å². The van der Waals surface area contributed by atoms with Gasteiger partial charge in [0.25, 0.3) is 5.56 Å². The van der Waals surface area contributed by atoms with Crippen LogP contribution >= 0.6 is 0 Å². The molecule has 4 rings (SSSR count). The summed E-state index contributed by atoms with van der Waals surface area (Å²) in [5, 5.41) is 3.63. The Labute approximate surface area is 187 Å². The van der Waals surface area contributed by atoms with Crippen LogP contribution in [0.2, 0.25) is 0 Å². The van der Waals surface area contributed by atoms with Gasteiger partial charge in [-0.05, 0) is 43.5 Å². The Hall–Kier alpha value is -3.62. The summed E-state index contributed by atoms with van der Waals surface area (Å²) in [5.41, 5.74) is 2.55. The first-order valence-electron chi connectivity index (χ1n) is 10.6. The molecule has 0 unspecified atom stereocenters. The fourth-order valence-corrected chi connectivity index (χ4v) is 3.80. The van der Waals surface area contributed by atoms with E-state index in [4.69, 9.17) is 0 Å². The number of carbonyl (C=O) groups excluding carboxylic acids is 1. The van der Waals surface area contributed by atoms with Gasteiger partial charge in [-0.3, -0.25) is 14.2 Å². The second-order valence-corrected chi connectivity index (χ2v) is 8.04. The van der Waals surface area contributed by atoms with E-state index >= 15 is 0 Å². The predicted octanol–water partition coefficient (Wildman–Crippen LogP) is 4.34. The number of fused-ring (bicyclic) bond motifs is 3. The van der Waals surface area contributed by atoms with Crippen LogP contribution in [0.3, 0.4) is 0 Å². The van der Waals surface area contributed by atoms with Crippen molar-refractivity contribution < 1.29 is 18.0 Å². The number of nitrogens with zero attached hydrogens (tertiary/aromatic N) is 2. The van der Waals surface area contributed by atoms with Crippen LogP contribution in [-0.4, -0.2) is 27.0 Å². The topological polar surface area (TPSA) is 79.8 Å². The fourth-order valence-electron chi connectivity index (χ4n) is 3.80. The largest absolute Gasteiger partial charge is 0.416 e. The van der Waals surface area contributed by atoms with Gasteiger partial charge in [0, 0.05) is 30.4 Å². The number of halogens is 3. The van der Waals surface area contributed by atoms with E-state index in [1.54, 1.807) is 6.07 Å². The average Bonchev–Trinajstić information content (AvgIpc) is 3.14. The van der Waals surface area contributed by atoms with Crippen molar-refractivity contribution in [3.05, 3.63) is 75.8 Å². The van der Waals surface area contributed by atoms with Crippen LogP contribution in [-0.2, 0) is 23.9 Å². The van der Waals surface area contributed by atoms with Gasteiger partial charge in [-0.2, -0.15) is 13.2 Å². The number of carbonyl (C=O) groups is 1. The molecule has 0 radical (unpaired) electrons. The van der Waals surface area contributed by atoms with Crippen molar-refractivity contribution in [2.75, 3.05) is 6.54 Å². The van der Waals surface area contributed by atoms with E-state index < -0.39 is 11.7 Å². The van der Waals surface area contributed by atoms with E-state index in [9.17, 15) is 22.8 Å². The van der Waals surface area contributed by atoms with Crippen molar-refractivity contribution in [2.24, 2.45) is 0 Å². The molecule has 0 aliphatic rings. The van der Waals surface area contributed by atoms with Crippen LogP contribution in [0.25, 0.3) is 21.9 Å². The second kappa shape index (κ2) is 9.09. The molecule has 0 saturated heterocycles. The Morgan fingerprint density at radius 1 is 1.18 bits per heavy atom. The van der Waals surface area contributed by atoms with Gasteiger partial charge < -0.3 is 10.3 Å². The number of aromatic amines is 1. The van der Waals surface area contributed by atoms with Crippen LogP contribution in [0.15, 0.2) is 53.6 Å². The molecule has 0 fully saturated rings. The van der Waals surface area contributed by atoms with Gasteiger partial charge in [0.2, 0.25) is 5.91 Å². The normalized spacial score (nSPS) is 11.9. The summed E-state index contributed by atoms with van der Waals surface area (Å²) in [6.07, 6.45) is -1.90. The van der Waals surface area contributed by atoms with Crippen molar-refractivity contribution in [1.82, 2.24) is 19.9 Å². The Morgan fingerprint density at radius 3 is 2.79 bits per heavy atom. The molecule has 0 saturated carbocycles. The third kappa shape index (κ3) is 5.08. The number of aryl methyl sites for hydroxylation is 3. The highest BCUT2D eigenvalue weighted by Crippen LogP contribution is 2.29. The summed E-state index contributed by atoms with van der Waals surface area (Å²) in [5.74, 6) is -0.238. The molecule has 172 valence electrons. The van der Waals surface area contributed by atoms with E-state index in [0.29, 0.717) is 36.0 Å². The van der Waals surface area contributed by atoms with Crippen LogP contribution < -0.4 is 10.9 Å². The summed E-state index contributed by atoms with van der Waals surface area (Å²) in [6, 6.07) is 11.0. The molecule has 0 spiro atoms. The minimum Gasteiger partial charge on any atom is -0.356 e. The highest BCUT2D eigenvalue weighted by Gasteiger charge is 2.30. The van der Waals surface area contributed by atoms with E-state index in [2.05, 4.69) is 15.3 Å². The first-order chi connectivity index (χ1) is 15.7.